The van der Waals surface area contributed by atoms with Gasteiger partial charge in [0, 0.05) is 27.6 Å². The van der Waals surface area contributed by atoms with E-state index in [0.29, 0.717) is 0 Å². The Bertz CT molecular complexity index is 3670. The third kappa shape index (κ3) is 4.47. The molecule has 220 valence electrons. The maximum Gasteiger partial charge on any atom is 0.143 e. The summed E-state index contributed by atoms with van der Waals surface area (Å²) in [6.07, 6.45) is 0. The molecule has 1 nitrogen and oxygen atoms in total. The molecule has 0 unspecified atom stereocenters. The third-order valence-corrected chi connectivity index (χ3v) is 7.84. The van der Waals surface area contributed by atoms with Gasteiger partial charge in [0.25, 0.3) is 0 Å². The van der Waals surface area contributed by atoms with E-state index in [1.165, 1.54) is 18.2 Å². The second-order valence-electron chi connectivity index (χ2n) is 10.4. The molecule has 1 heteroatoms. The Morgan fingerprint density at radius 2 is 0.872 bits per heavy atom. The number of fused-ring (bicyclic) bond motifs is 3. The predicted molar refractivity (Wildman–Crippen MR) is 198 cm³/mol. The normalized spacial score (nSPS) is 18.0. The van der Waals surface area contributed by atoms with E-state index < -0.39 is 177 Å². The van der Waals surface area contributed by atoms with Crippen LogP contribution in [-0.2, 0) is 0 Å². The molecule has 1 aromatic heterocycles. The Kier molecular flexibility index (Phi) is 3.11. The van der Waals surface area contributed by atoms with E-state index in [9.17, 15) is 8.22 Å². The van der Waals surface area contributed by atoms with Crippen molar-refractivity contribution in [1.82, 2.24) is 0 Å². The minimum atomic E-state index is -0.878. The van der Waals surface area contributed by atoms with E-state index in [1.54, 1.807) is 30.3 Å². The summed E-state index contributed by atoms with van der Waals surface area (Å²) < 4.78 is 204. The highest BCUT2D eigenvalue weighted by atomic mass is 16.3. The summed E-state index contributed by atoms with van der Waals surface area (Å²) in [6, 6.07) is -5.26. The minimum absolute atomic E-state index is 0.0984. The van der Waals surface area contributed by atoms with Crippen LogP contribution in [0.5, 0.6) is 0 Å². The van der Waals surface area contributed by atoms with Gasteiger partial charge in [0.2, 0.25) is 0 Å². The molecule has 0 aliphatic carbocycles. The zero-order chi connectivity index (χ0) is 50.3. The molecule has 9 rings (SSSR count). The lowest BCUT2D eigenvalue weighted by atomic mass is 9.84. The van der Waals surface area contributed by atoms with Gasteiger partial charge in [0.1, 0.15) is 11.3 Å². The molecular weight excluding hydrogens is 569 g/mol. The average Bonchev–Trinajstić information content (AvgIpc) is 3.73. The standard InChI is InChI=1S/C46H30O/c1-4-17-31(18-5-1)34-23-10-15-28-40(34)46-44(41-30-16-29-35(45(41)47-46)32-19-6-2-7-20-32)43-38-26-13-11-24-36(38)42(33-21-8-3-9-22-33)37-25-12-14-27-39(37)43/h1-30H/i2D,3D,6D,7D,8D,9D,10D,11D,12D,13D,14D,15D,19D,20D,21D,22D,23D,24D,25D,26D,27D,28D. The molecule has 0 saturated carbocycles. The maximum atomic E-state index is 9.61. The first-order valence-corrected chi connectivity index (χ1v) is 14.3. The summed E-state index contributed by atoms with van der Waals surface area (Å²) in [7, 11) is 0. The number of rotatable bonds is 5. The van der Waals surface area contributed by atoms with E-state index in [2.05, 4.69) is 0 Å². The maximum absolute atomic E-state index is 9.61. The van der Waals surface area contributed by atoms with Crippen molar-refractivity contribution in [2.75, 3.05) is 0 Å². The molecular formula is C46H30O. The molecule has 0 N–H and O–H groups in total. The number of para-hydroxylation sites is 1. The molecule has 47 heavy (non-hydrogen) atoms. The van der Waals surface area contributed by atoms with Gasteiger partial charge >= 0.3 is 0 Å². The van der Waals surface area contributed by atoms with Crippen molar-refractivity contribution in [1.29, 1.82) is 0 Å². The van der Waals surface area contributed by atoms with Gasteiger partial charge in [-0.05, 0) is 49.4 Å². The zero-order valence-corrected chi connectivity index (χ0v) is 24.0. The number of hydrogen-bond acceptors (Lipinski definition) is 1. The Morgan fingerprint density at radius 1 is 0.340 bits per heavy atom. The van der Waals surface area contributed by atoms with Crippen molar-refractivity contribution in [2.24, 2.45) is 0 Å². The average molecular weight is 621 g/mol. The lowest BCUT2D eigenvalue weighted by molar-refractivity contribution is 0.634. The molecule has 0 amide bonds. The Labute approximate surface area is 304 Å². The first-order valence-electron chi connectivity index (χ1n) is 25.3. The van der Waals surface area contributed by atoms with E-state index in [-0.39, 0.29) is 44.3 Å². The lowest BCUT2D eigenvalue weighted by Crippen LogP contribution is -1.92. The highest BCUT2D eigenvalue weighted by molar-refractivity contribution is 6.25. The van der Waals surface area contributed by atoms with Gasteiger partial charge in [-0.1, -0.05) is 181 Å². The van der Waals surface area contributed by atoms with Gasteiger partial charge in [0.05, 0.1) is 30.2 Å². The van der Waals surface area contributed by atoms with Gasteiger partial charge in [-0.3, -0.25) is 0 Å². The summed E-state index contributed by atoms with van der Waals surface area (Å²) in [5, 5.41) is -2.28. The second-order valence-corrected chi connectivity index (χ2v) is 10.4. The molecule has 0 aliphatic heterocycles. The van der Waals surface area contributed by atoms with Gasteiger partial charge in [-0.2, -0.15) is 0 Å². The van der Waals surface area contributed by atoms with Crippen LogP contribution in [-0.4, -0.2) is 0 Å². The summed E-state index contributed by atoms with van der Waals surface area (Å²) >= 11 is 0. The van der Waals surface area contributed by atoms with Gasteiger partial charge in [-0.25, -0.2) is 0 Å². The fourth-order valence-corrected chi connectivity index (χ4v) is 5.93. The van der Waals surface area contributed by atoms with Crippen molar-refractivity contribution in [3.63, 3.8) is 0 Å². The van der Waals surface area contributed by atoms with Crippen LogP contribution in [0, 0.1) is 0 Å². The number of hydrogen-bond donors (Lipinski definition) is 0. The monoisotopic (exact) mass is 620 g/mol. The van der Waals surface area contributed by atoms with Crippen LogP contribution in [0.25, 0.3) is 88.3 Å². The van der Waals surface area contributed by atoms with Crippen LogP contribution in [0.1, 0.15) is 30.2 Å². The van der Waals surface area contributed by atoms with Crippen LogP contribution >= 0.6 is 0 Å². The van der Waals surface area contributed by atoms with E-state index in [0.717, 1.165) is 0 Å². The molecule has 0 bridgehead atoms. The minimum Gasteiger partial charge on any atom is -0.455 e. The van der Waals surface area contributed by atoms with E-state index >= 15 is 0 Å². The van der Waals surface area contributed by atoms with Crippen LogP contribution in [0.4, 0.5) is 0 Å². The zero-order valence-electron chi connectivity index (χ0n) is 46.0. The van der Waals surface area contributed by atoms with Crippen molar-refractivity contribution in [2.45, 2.75) is 0 Å². The first-order chi connectivity index (χ1) is 32.5. The molecule has 8 aromatic carbocycles. The highest BCUT2D eigenvalue weighted by Crippen LogP contribution is 2.51. The largest absolute Gasteiger partial charge is 0.455 e. The summed E-state index contributed by atoms with van der Waals surface area (Å²) in [4.78, 5) is 0. The topological polar surface area (TPSA) is 13.1 Å². The van der Waals surface area contributed by atoms with Gasteiger partial charge in [0.15, 0.2) is 0 Å². The second kappa shape index (κ2) is 11.3. The third-order valence-electron chi connectivity index (χ3n) is 7.84. The quantitative estimate of drug-likeness (QED) is 0.174. The summed E-state index contributed by atoms with van der Waals surface area (Å²) in [6.45, 7) is 0. The van der Waals surface area contributed by atoms with Crippen molar-refractivity contribution < 1.29 is 34.6 Å². The van der Waals surface area contributed by atoms with Crippen LogP contribution < -0.4 is 0 Å². The fraction of sp³-hybridized carbons (Fsp3) is 0. The van der Waals surface area contributed by atoms with Crippen molar-refractivity contribution in [3.05, 3.63) is 181 Å². The van der Waals surface area contributed by atoms with Crippen LogP contribution in [0.3, 0.4) is 0 Å². The Hall–Kier alpha value is -6.18. The number of benzene rings is 8. The van der Waals surface area contributed by atoms with Crippen molar-refractivity contribution >= 4 is 32.5 Å². The van der Waals surface area contributed by atoms with Crippen LogP contribution in [0.15, 0.2) is 186 Å². The van der Waals surface area contributed by atoms with Gasteiger partial charge in [-0.15, -0.1) is 0 Å². The van der Waals surface area contributed by atoms with Crippen molar-refractivity contribution in [3.8, 4) is 55.8 Å². The van der Waals surface area contributed by atoms with E-state index in [1.807, 2.05) is 0 Å². The smallest absolute Gasteiger partial charge is 0.143 e. The Morgan fingerprint density at radius 3 is 1.51 bits per heavy atom. The van der Waals surface area contributed by atoms with E-state index in [4.69, 9.17) is 26.3 Å². The molecule has 0 saturated heterocycles. The van der Waals surface area contributed by atoms with Crippen LogP contribution in [0.2, 0.25) is 0 Å². The van der Waals surface area contributed by atoms with Gasteiger partial charge < -0.3 is 4.42 Å². The fourth-order valence-electron chi connectivity index (χ4n) is 5.93. The summed E-state index contributed by atoms with van der Waals surface area (Å²) in [5.41, 5.74) is -3.06. The number of furan rings is 1. The Balaban J connectivity index is 1.67. The molecule has 0 atom stereocenters. The molecule has 9 aromatic rings. The predicted octanol–water partition coefficient (Wildman–Crippen LogP) is 13.1. The SMILES string of the molecule is [2H]c1c([2H])c([2H])c(-c2cccc3c(-c4c5c([2H])c([2H])c([2H])c([2H])c5c(-c5c([2H])c([2H])c([2H])c([2H])c5[2H])c5c([2H])c([2H])c([2H])c([2H])c45)c(-c4c([2H])c([2H])c([2H])c([2H])c4-c4ccccc4)oc23)c([2H])c1[2H]. The molecule has 0 radical (unpaired) electrons. The molecule has 1 heterocycles. The summed E-state index contributed by atoms with van der Waals surface area (Å²) in [5.74, 6) is -0.478. The molecule has 0 aliphatic rings. The molecule has 0 spiro atoms. The highest BCUT2D eigenvalue weighted by Gasteiger charge is 2.26. The molecule has 0 fully saturated rings. The lowest BCUT2D eigenvalue weighted by Gasteiger charge is -2.18. The first kappa shape index (κ1) is 12.9.